The molecule has 0 aliphatic rings. The summed E-state index contributed by atoms with van der Waals surface area (Å²) in [5.74, 6) is 0.443. The smallest absolute Gasteiger partial charge is 0.223 e. The molecule has 0 saturated heterocycles. The fraction of sp³-hybridized carbons (Fsp3) is 0.333. The number of nitrogens with two attached hydrogens (primary N) is 3. The maximum absolute atomic E-state index is 5.69. The van der Waals surface area contributed by atoms with Crippen molar-refractivity contribution in [2.24, 2.45) is 27.2 Å². The number of benzene rings is 1. The number of likely N-dealkylation sites (N-methyl/N-ethyl adjacent to an activating group) is 1. The number of aliphatic imine (C=N–C) groups is 2. The minimum absolute atomic E-state index is 0.0233. The lowest BCUT2D eigenvalue weighted by Crippen LogP contribution is -2.26. The summed E-state index contributed by atoms with van der Waals surface area (Å²) in [7, 11) is 3.94. The van der Waals surface area contributed by atoms with E-state index in [4.69, 9.17) is 21.9 Å². The Morgan fingerprint density at radius 3 is 2.60 bits per heavy atom. The molecule has 0 aliphatic carbocycles. The van der Waals surface area contributed by atoms with Crippen molar-refractivity contribution in [2.45, 2.75) is 0 Å². The van der Waals surface area contributed by atoms with E-state index in [9.17, 15) is 0 Å². The van der Waals surface area contributed by atoms with Gasteiger partial charge in [0.25, 0.3) is 0 Å². The van der Waals surface area contributed by atoms with Crippen LogP contribution in [0.25, 0.3) is 0 Å². The minimum atomic E-state index is -0.140. The number of guanidine groups is 2. The lowest BCUT2D eigenvalue weighted by atomic mass is 10.3. The van der Waals surface area contributed by atoms with Crippen LogP contribution in [-0.4, -0.2) is 44.1 Å². The third-order valence-electron chi connectivity index (χ3n) is 2.20. The standard InChI is InChI=1S/C12H19BrN6O/c1-19(2)5-6-20-10-7-8(13)3-4-9(10)17-12(16)18-11(14)15/h3-4,7H,5-6H2,1-2H3,(H6,14,15,16,17,18). The van der Waals surface area contributed by atoms with Gasteiger partial charge in [-0.25, -0.2) is 4.99 Å². The Labute approximate surface area is 126 Å². The monoisotopic (exact) mass is 342 g/mol. The van der Waals surface area contributed by atoms with Gasteiger partial charge in [0, 0.05) is 11.0 Å². The maximum atomic E-state index is 5.69. The third kappa shape index (κ3) is 5.89. The van der Waals surface area contributed by atoms with Crippen molar-refractivity contribution in [2.75, 3.05) is 27.2 Å². The summed E-state index contributed by atoms with van der Waals surface area (Å²) >= 11 is 3.39. The molecule has 1 aromatic rings. The van der Waals surface area contributed by atoms with Crippen LogP contribution in [0.2, 0.25) is 0 Å². The van der Waals surface area contributed by atoms with E-state index >= 15 is 0 Å². The Morgan fingerprint density at radius 2 is 2.00 bits per heavy atom. The quantitative estimate of drug-likeness (QED) is 0.535. The SMILES string of the molecule is CN(C)CCOc1cc(Br)ccc1N=C(N)N=C(N)N. The topological polar surface area (TPSA) is 115 Å². The normalized spacial score (nSPS) is 11.5. The summed E-state index contributed by atoms with van der Waals surface area (Å²) in [5.41, 5.74) is 16.7. The van der Waals surface area contributed by atoms with Crippen LogP contribution < -0.4 is 21.9 Å². The van der Waals surface area contributed by atoms with E-state index in [0.717, 1.165) is 11.0 Å². The summed E-state index contributed by atoms with van der Waals surface area (Å²) < 4.78 is 6.58. The van der Waals surface area contributed by atoms with E-state index in [2.05, 4.69) is 25.9 Å². The first-order valence-corrected chi connectivity index (χ1v) is 6.68. The second-order valence-corrected chi connectivity index (χ2v) is 5.19. The van der Waals surface area contributed by atoms with Crippen LogP contribution >= 0.6 is 15.9 Å². The largest absolute Gasteiger partial charge is 0.490 e. The molecule has 6 N–H and O–H groups in total. The number of ether oxygens (including phenoxy) is 1. The van der Waals surface area contributed by atoms with Gasteiger partial charge < -0.3 is 26.8 Å². The van der Waals surface area contributed by atoms with Gasteiger partial charge in [0.15, 0.2) is 5.96 Å². The zero-order valence-corrected chi connectivity index (χ0v) is 13.1. The van der Waals surface area contributed by atoms with E-state index in [-0.39, 0.29) is 11.9 Å². The fourth-order valence-corrected chi connectivity index (χ4v) is 1.65. The van der Waals surface area contributed by atoms with E-state index in [0.29, 0.717) is 18.0 Å². The van der Waals surface area contributed by atoms with Crippen LogP contribution in [0.15, 0.2) is 32.7 Å². The average molecular weight is 343 g/mol. The van der Waals surface area contributed by atoms with Crippen LogP contribution in [-0.2, 0) is 0 Å². The molecule has 110 valence electrons. The molecule has 0 unspecified atom stereocenters. The van der Waals surface area contributed by atoms with E-state index in [1.54, 1.807) is 6.07 Å². The molecular weight excluding hydrogens is 324 g/mol. The highest BCUT2D eigenvalue weighted by Crippen LogP contribution is 2.30. The summed E-state index contributed by atoms with van der Waals surface area (Å²) in [5, 5.41) is 0. The van der Waals surface area contributed by atoms with E-state index < -0.39 is 0 Å². The van der Waals surface area contributed by atoms with Gasteiger partial charge >= 0.3 is 0 Å². The number of halogens is 1. The summed E-state index contributed by atoms with van der Waals surface area (Å²) in [4.78, 5) is 9.82. The molecule has 0 aliphatic heterocycles. The lowest BCUT2D eigenvalue weighted by molar-refractivity contribution is 0.262. The first kappa shape index (κ1) is 16.3. The molecule has 1 rings (SSSR count). The molecule has 0 atom stereocenters. The fourth-order valence-electron chi connectivity index (χ4n) is 1.31. The van der Waals surface area contributed by atoms with Gasteiger partial charge in [-0.05, 0) is 32.3 Å². The third-order valence-corrected chi connectivity index (χ3v) is 2.69. The molecule has 0 heterocycles. The Bertz CT molecular complexity index is 511. The molecule has 0 bridgehead atoms. The second-order valence-electron chi connectivity index (χ2n) is 4.27. The van der Waals surface area contributed by atoms with Crippen LogP contribution in [0.1, 0.15) is 0 Å². The molecule has 8 heteroatoms. The van der Waals surface area contributed by atoms with Gasteiger partial charge in [0.2, 0.25) is 5.96 Å². The predicted molar refractivity (Wildman–Crippen MR) is 85.3 cm³/mol. The van der Waals surface area contributed by atoms with Crippen molar-refractivity contribution in [3.05, 3.63) is 22.7 Å². The van der Waals surface area contributed by atoms with Crippen molar-refractivity contribution < 1.29 is 4.74 Å². The molecule has 0 amide bonds. The Kier molecular flexibility index (Phi) is 6.26. The van der Waals surface area contributed by atoms with Crippen molar-refractivity contribution in [1.29, 1.82) is 0 Å². The maximum Gasteiger partial charge on any atom is 0.223 e. The summed E-state index contributed by atoms with van der Waals surface area (Å²) in [6.07, 6.45) is 0. The van der Waals surface area contributed by atoms with Crippen LogP contribution in [0, 0.1) is 0 Å². The highest BCUT2D eigenvalue weighted by atomic mass is 79.9. The molecule has 20 heavy (non-hydrogen) atoms. The van der Waals surface area contributed by atoms with Crippen LogP contribution in [0.5, 0.6) is 5.75 Å². The Morgan fingerprint density at radius 1 is 1.30 bits per heavy atom. The van der Waals surface area contributed by atoms with Gasteiger partial charge in [0.1, 0.15) is 18.0 Å². The number of hydrogen-bond donors (Lipinski definition) is 3. The van der Waals surface area contributed by atoms with Gasteiger partial charge in [0.05, 0.1) is 0 Å². The predicted octanol–water partition coefficient (Wildman–Crippen LogP) is 0.609. The summed E-state index contributed by atoms with van der Waals surface area (Å²) in [6, 6.07) is 5.42. The van der Waals surface area contributed by atoms with E-state index in [1.165, 1.54) is 0 Å². The molecule has 0 radical (unpaired) electrons. The number of rotatable bonds is 5. The van der Waals surface area contributed by atoms with Crippen LogP contribution in [0.4, 0.5) is 5.69 Å². The molecule has 1 aromatic carbocycles. The molecular formula is C12H19BrN6O. The zero-order chi connectivity index (χ0) is 15.1. The van der Waals surface area contributed by atoms with Crippen molar-refractivity contribution in [1.82, 2.24) is 4.90 Å². The first-order chi connectivity index (χ1) is 9.38. The highest BCUT2D eigenvalue weighted by molar-refractivity contribution is 9.10. The number of hydrogen-bond acceptors (Lipinski definition) is 3. The molecule has 7 nitrogen and oxygen atoms in total. The van der Waals surface area contributed by atoms with Gasteiger partial charge in [-0.1, -0.05) is 15.9 Å². The molecule has 0 fully saturated rings. The van der Waals surface area contributed by atoms with Crippen molar-refractivity contribution >= 4 is 33.5 Å². The van der Waals surface area contributed by atoms with E-state index in [1.807, 2.05) is 31.1 Å². The van der Waals surface area contributed by atoms with Crippen molar-refractivity contribution in [3.63, 3.8) is 0 Å². The van der Waals surface area contributed by atoms with Gasteiger partial charge in [-0.2, -0.15) is 4.99 Å². The Hall–Kier alpha value is -1.80. The van der Waals surface area contributed by atoms with Crippen LogP contribution in [0.3, 0.4) is 0 Å². The van der Waals surface area contributed by atoms with Gasteiger partial charge in [-0.3, -0.25) is 0 Å². The molecule has 0 aromatic heterocycles. The molecule has 0 spiro atoms. The van der Waals surface area contributed by atoms with Crippen molar-refractivity contribution in [3.8, 4) is 5.75 Å². The van der Waals surface area contributed by atoms with Gasteiger partial charge in [-0.15, -0.1) is 0 Å². The Balaban J connectivity index is 2.92. The lowest BCUT2D eigenvalue weighted by Gasteiger charge is -2.12. The first-order valence-electron chi connectivity index (χ1n) is 5.89. The zero-order valence-electron chi connectivity index (χ0n) is 11.5. The molecule has 0 saturated carbocycles. The second kappa shape index (κ2) is 7.71. The minimum Gasteiger partial charge on any atom is -0.490 e. The average Bonchev–Trinajstić information content (AvgIpc) is 2.31. The summed E-state index contributed by atoms with van der Waals surface area (Å²) in [6.45, 7) is 1.33. The number of nitrogens with zero attached hydrogens (tertiary/aromatic N) is 3. The highest BCUT2D eigenvalue weighted by Gasteiger charge is 2.05.